The van der Waals surface area contributed by atoms with Gasteiger partial charge in [0.05, 0.1) is 0 Å². The summed E-state index contributed by atoms with van der Waals surface area (Å²) < 4.78 is 4.96. The Bertz CT molecular complexity index is 423. The maximum Gasteiger partial charge on any atom is 0.371 e. The zero-order valence-electron chi connectivity index (χ0n) is 8.97. The van der Waals surface area contributed by atoms with Crippen molar-refractivity contribution in [2.75, 3.05) is 13.1 Å². The Morgan fingerprint density at radius 1 is 1.44 bits per heavy atom. The number of furan rings is 1. The van der Waals surface area contributed by atoms with Crippen LogP contribution in [0.1, 0.15) is 34.5 Å². The predicted octanol–water partition coefficient (Wildman–Crippen LogP) is 1.46. The van der Waals surface area contributed by atoms with E-state index in [9.17, 15) is 9.59 Å². The van der Waals surface area contributed by atoms with Crippen LogP contribution in [0.4, 0.5) is 0 Å². The van der Waals surface area contributed by atoms with E-state index in [1.165, 1.54) is 12.1 Å². The Kier molecular flexibility index (Phi) is 2.68. The van der Waals surface area contributed by atoms with E-state index >= 15 is 0 Å². The number of aromatic carboxylic acids is 1. The minimum Gasteiger partial charge on any atom is -0.475 e. The lowest BCUT2D eigenvalue weighted by molar-refractivity contribution is 0.0653. The second-order valence-electron chi connectivity index (χ2n) is 4.11. The molecule has 2 heterocycles. The van der Waals surface area contributed by atoms with E-state index in [1.54, 1.807) is 4.90 Å². The topological polar surface area (TPSA) is 70.8 Å². The highest BCUT2D eigenvalue weighted by molar-refractivity contribution is 5.93. The van der Waals surface area contributed by atoms with Crippen LogP contribution in [0, 0.1) is 5.92 Å². The smallest absolute Gasteiger partial charge is 0.371 e. The molecule has 0 radical (unpaired) electrons. The van der Waals surface area contributed by atoms with Crippen LogP contribution in [0.25, 0.3) is 0 Å². The van der Waals surface area contributed by atoms with Gasteiger partial charge in [0.25, 0.3) is 5.91 Å². The molecular weight excluding hydrogens is 210 g/mol. The highest BCUT2D eigenvalue weighted by atomic mass is 16.4. The molecule has 1 saturated heterocycles. The molecule has 1 aliphatic heterocycles. The van der Waals surface area contributed by atoms with Gasteiger partial charge < -0.3 is 14.4 Å². The van der Waals surface area contributed by atoms with Crippen molar-refractivity contribution in [2.45, 2.75) is 13.3 Å². The van der Waals surface area contributed by atoms with E-state index in [-0.39, 0.29) is 17.4 Å². The van der Waals surface area contributed by atoms with Crippen LogP contribution in [-0.2, 0) is 0 Å². The van der Waals surface area contributed by atoms with Gasteiger partial charge in [-0.15, -0.1) is 0 Å². The van der Waals surface area contributed by atoms with Crippen molar-refractivity contribution in [3.05, 3.63) is 23.7 Å². The summed E-state index contributed by atoms with van der Waals surface area (Å²) in [6.07, 6.45) is 0.984. The van der Waals surface area contributed by atoms with Gasteiger partial charge in [-0.3, -0.25) is 4.79 Å². The van der Waals surface area contributed by atoms with Crippen LogP contribution < -0.4 is 0 Å². The quantitative estimate of drug-likeness (QED) is 0.823. The van der Waals surface area contributed by atoms with Crippen molar-refractivity contribution in [3.63, 3.8) is 0 Å². The van der Waals surface area contributed by atoms with Crippen LogP contribution in [0.15, 0.2) is 16.5 Å². The van der Waals surface area contributed by atoms with Gasteiger partial charge >= 0.3 is 5.97 Å². The maximum atomic E-state index is 11.9. The van der Waals surface area contributed by atoms with Gasteiger partial charge in [-0.25, -0.2) is 4.79 Å². The normalized spacial score (nSPS) is 20.1. The summed E-state index contributed by atoms with van der Waals surface area (Å²) in [5, 5.41) is 8.67. The van der Waals surface area contributed by atoms with E-state index in [4.69, 9.17) is 9.52 Å². The molecule has 0 saturated carbocycles. The molecule has 0 aliphatic carbocycles. The summed E-state index contributed by atoms with van der Waals surface area (Å²) in [4.78, 5) is 24.1. The molecule has 5 nitrogen and oxygen atoms in total. The molecule has 1 aromatic rings. The molecule has 1 unspecified atom stereocenters. The molecule has 0 spiro atoms. The lowest BCUT2D eigenvalue weighted by atomic mass is 10.2. The summed E-state index contributed by atoms with van der Waals surface area (Å²) in [5.74, 6) is -0.981. The molecule has 2 rings (SSSR count). The summed E-state index contributed by atoms with van der Waals surface area (Å²) in [7, 11) is 0. The number of amides is 1. The fourth-order valence-corrected chi connectivity index (χ4v) is 1.84. The van der Waals surface area contributed by atoms with Crippen LogP contribution in [0.2, 0.25) is 0 Å². The monoisotopic (exact) mass is 223 g/mol. The average molecular weight is 223 g/mol. The largest absolute Gasteiger partial charge is 0.475 e. The predicted molar refractivity (Wildman–Crippen MR) is 55.4 cm³/mol. The second-order valence-corrected chi connectivity index (χ2v) is 4.11. The molecule has 1 aromatic heterocycles. The van der Waals surface area contributed by atoms with E-state index in [2.05, 4.69) is 6.92 Å². The van der Waals surface area contributed by atoms with Gasteiger partial charge in [0, 0.05) is 13.1 Å². The fraction of sp³-hybridized carbons (Fsp3) is 0.455. The highest BCUT2D eigenvalue weighted by Gasteiger charge is 2.26. The molecule has 0 aromatic carbocycles. The van der Waals surface area contributed by atoms with Crippen molar-refractivity contribution in [1.29, 1.82) is 0 Å². The number of rotatable bonds is 2. The Labute approximate surface area is 92.7 Å². The van der Waals surface area contributed by atoms with Crippen molar-refractivity contribution < 1.29 is 19.1 Å². The van der Waals surface area contributed by atoms with Gasteiger partial charge in [-0.1, -0.05) is 6.92 Å². The first kappa shape index (κ1) is 10.7. The van der Waals surface area contributed by atoms with Gasteiger partial charge in [0.15, 0.2) is 5.76 Å². The minimum absolute atomic E-state index is 0.103. The summed E-state index contributed by atoms with van der Waals surface area (Å²) in [5.41, 5.74) is 0. The fourth-order valence-electron chi connectivity index (χ4n) is 1.84. The molecule has 1 aliphatic rings. The van der Waals surface area contributed by atoms with E-state index in [0.29, 0.717) is 19.0 Å². The summed E-state index contributed by atoms with van der Waals surface area (Å²) in [6.45, 7) is 3.50. The Balaban J connectivity index is 2.11. The molecule has 16 heavy (non-hydrogen) atoms. The molecule has 1 fully saturated rings. The van der Waals surface area contributed by atoms with E-state index < -0.39 is 5.97 Å². The number of carbonyl (C=O) groups excluding carboxylic acids is 1. The number of carboxylic acids is 1. The van der Waals surface area contributed by atoms with E-state index in [0.717, 1.165) is 6.42 Å². The molecule has 86 valence electrons. The zero-order valence-corrected chi connectivity index (χ0v) is 8.97. The minimum atomic E-state index is -1.16. The number of carboxylic acid groups (broad SMARTS) is 1. The lowest BCUT2D eigenvalue weighted by Gasteiger charge is -2.13. The number of hydrogen-bond acceptors (Lipinski definition) is 3. The van der Waals surface area contributed by atoms with E-state index in [1.807, 2.05) is 0 Å². The maximum absolute atomic E-state index is 11.9. The second kappa shape index (κ2) is 4.00. The lowest BCUT2D eigenvalue weighted by Crippen LogP contribution is -2.28. The molecule has 1 amide bonds. The SMILES string of the molecule is CC1CCN(C(=O)c2ccc(C(=O)O)o2)C1. The van der Waals surface area contributed by atoms with Crippen molar-refractivity contribution >= 4 is 11.9 Å². The first-order valence-electron chi connectivity index (χ1n) is 5.20. The van der Waals surface area contributed by atoms with Crippen LogP contribution in [0.5, 0.6) is 0 Å². The first-order valence-corrected chi connectivity index (χ1v) is 5.20. The molecule has 5 heteroatoms. The van der Waals surface area contributed by atoms with Gasteiger partial charge in [0.1, 0.15) is 0 Å². The average Bonchev–Trinajstić information content (AvgIpc) is 2.84. The van der Waals surface area contributed by atoms with Gasteiger partial charge in [-0.05, 0) is 24.5 Å². The number of hydrogen-bond donors (Lipinski definition) is 1. The molecule has 1 atom stereocenters. The van der Waals surface area contributed by atoms with Gasteiger partial charge in [0.2, 0.25) is 5.76 Å². The summed E-state index contributed by atoms with van der Waals surface area (Å²) >= 11 is 0. The Morgan fingerprint density at radius 3 is 2.62 bits per heavy atom. The van der Waals surface area contributed by atoms with Gasteiger partial charge in [-0.2, -0.15) is 0 Å². The van der Waals surface area contributed by atoms with Crippen LogP contribution >= 0.6 is 0 Å². The van der Waals surface area contributed by atoms with Crippen molar-refractivity contribution in [3.8, 4) is 0 Å². The van der Waals surface area contributed by atoms with Crippen LogP contribution in [0.3, 0.4) is 0 Å². The third kappa shape index (κ3) is 1.93. The molecule has 1 N–H and O–H groups in total. The number of carbonyl (C=O) groups is 2. The van der Waals surface area contributed by atoms with Crippen molar-refractivity contribution in [2.24, 2.45) is 5.92 Å². The number of nitrogens with zero attached hydrogens (tertiary/aromatic N) is 1. The first-order chi connectivity index (χ1) is 7.58. The third-order valence-corrected chi connectivity index (χ3v) is 2.74. The Morgan fingerprint density at radius 2 is 2.12 bits per heavy atom. The summed E-state index contributed by atoms with van der Waals surface area (Å²) in [6, 6.07) is 2.71. The zero-order chi connectivity index (χ0) is 11.7. The van der Waals surface area contributed by atoms with Crippen LogP contribution in [-0.4, -0.2) is 35.0 Å². The molecular formula is C11H13NO4. The molecule has 0 bridgehead atoms. The van der Waals surface area contributed by atoms with Crippen molar-refractivity contribution in [1.82, 2.24) is 4.90 Å². The standard InChI is InChI=1S/C11H13NO4/c1-7-4-5-12(6-7)10(13)8-2-3-9(16-8)11(14)15/h2-3,7H,4-6H2,1H3,(H,14,15). The Hall–Kier alpha value is -1.78. The third-order valence-electron chi connectivity index (χ3n) is 2.74. The number of likely N-dealkylation sites (tertiary alicyclic amines) is 1. The highest BCUT2D eigenvalue weighted by Crippen LogP contribution is 2.19.